The number of Topliss-reactive ketones (excluding diaryl/α,β-unsaturated/α-hetero) is 1. The van der Waals surface area contributed by atoms with Gasteiger partial charge in [-0.1, -0.05) is 11.3 Å². The van der Waals surface area contributed by atoms with Crippen LogP contribution in [0, 0.1) is 5.92 Å². The molecular formula is C20H24N6O3. The second-order valence-corrected chi connectivity index (χ2v) is 7.33. The van der Waals surface area contributed by atoms with E-state index < -0.39 is 6.61 Å². The number of hydrogen-bond donors (Lipinski definition) is 1. The van der Waals surface area contributed by atoms with Crippen LogP contribution in [0.4, 0.5) is 5.95 Å². The number of carbonyl (C=O) groups is 1. The van der Waals surface area contributed by atoms with Crippen LogP contribution in [0.15, 0.2) is 30.6 Å². The second-order valence-electron chi connectivity index (χ2n) is 7.33. The first-order chi connectivity index (χ1) is 14.1. The smallest absolute Gasteiger partial charge is 0.225 e. The van der Waals surface area contributed by atoms with Crippen LogP contribution in [0.1, 0.15) is 28.8 Å². The molecule has 1 fully saturated rings. The predicted octanol–water partition coefficient (Wildman–Crippen LogP) is 1.37. The Morgan fingerprint density at radius 2 is 2.00 bits per heavy atom. The van der Waals surface area contributed by atoms with E-state index in [4.69, 9.17) is 9.84 Å². The van der Waals surface area contributed by atoms with Crippen molar-refractivity contribution < 1.29 is 14.6 Å². The van der Waals surface area contributed by atoms with Gasteiger partial charge in [0.05, 0.1) is 17.7 Å². The highest BCUT2D eigenvalue weighted by molar-refractivity contribution is 5.96. The first-order valence-electron chi connectivity index (χ1n) is 9.71. The maximum atomic E-state index is 11.4. The molecule has 29 heavy (non-hydrogen) atoms. The fraction of sp³-hybridized carbons (Fsp3) is 0.450. The number of piperidine rings is 1. The molecule has 0 amide bonds. The van der Waals surface area contributed by atoms with Crippen molar-refractivity contribution in [2.24, 2.45) is 13.0 Å². The lowest BCUT2D eigenvalue weighted by atomic mass is 9.98. The monoisotopic (exact) mass is 396 g/mol. The fourth-order valence-corrected chi connectivity index (χ4v) is 3.54. The van der Waals surface area contributed by atoms with Crippen molar-refractivity contribution in [1.29, 1.82) is 0 Å². The Morgan fingerprint density at radius 3 is 2.72 bits per heavy atom. The summed E-state index contributed by atoms with van der Waals surface area (Å²) >= 11 is 0. The topological polar surface area (TPSA) is 106 Å². The average Bonchev–Trinajstić information content (AvgIpc) is 3.14. The van der Waals surface area contributed by atoms with Gasteiger partial charge in [0.15, 0.2) is 5.78 Å². The molecule has 2 aromatic heterocycles. The number of anilines is 1. The van der Waals surface area contributed by atoms with Gasteiger partial charge in [-0.05, 0) is 36.5 Å². The van der Waals surface area contributed by atoms with E-state index in [1.54, 1.807) is 4.68 Å². The molecule has 1 aliphatic rings. The molecule has 0 radical (unpaired) electrons. The molecule has 9 nitrogen and oxygen atoms in total. The van der Waals surface area contributed by atoms with E-state index >= 15 is 0 Å². The predicted molar refractivity (Wildman–Crippen MR) is 107 cm³/mol. The summed E-state index contributed by atoms with van der Waals surface area (Å²) in [4.78, 5) is 22.1. The minimum Gasteiger partial charge on any atom is -0.388 e. The van der Waals surface area contributed by atoms with Crippen LogP contribution in [-0.2, 0) is 18.4 Å². The molecule has 3 aromatic rings. The molecule has 0 aliphatic carbocycles. The van der Waals surface area contributed by atoms with Crippen molar-refractivity contribution in [1.82, 2.24) is 25.0 Å². The molecule has 1 saturated heterocycles. The first-order valence-corrected chi connectivity index (χ1v) is 9.71. The van der Waals surface area contributed by atoms with Crippen LogP contribution in [0.2, 0.25) is 0 Å². The van der Waals surface area contributed by atoms with Crippen molar-refractivity contribution in [3.63, 3.8) is 0 Å². The summed E-state index contributed by atoms with van der Waals surface area (Å²) in [6.07, 6.45) is 4.96. The molecule has 4 rings (SSSR count). The number of benzene rings is 1. The number of ketones is 1. The lowest BCUT2D eigenvalue weighted by Gasteiger charge is -2.31. The number of aromatic nitrogens is 5. The normalized spacial score (nSPS) is 15.2. The van der Waals surface area contributed by atoms with E-state index in [-0.39, 0.29) is 5.78 Å². The van der Waals surface area contributed by atoms with Gasteiger partial charge in [-0.15, -0.1) is 5.10 Å². The largest absolute Gasteiger partial charge is 0.388 e. The van der Waals surface area contributed by atoms with Gasteiger partial charge in [0.25, 0.3) is 0 Å². The van der Waals surface area contributed by atoms with Crippen molar-refractivity contribution in [3.8, 4) is 0 Å². The molecule has 152 valence electrons. The number of rotatable bonds is 7. The zero-order chi connectivity index (χ0) is 20.2. The summed E-state index contributed by atoms with van der Waals surface area (Å²) in [5, 5.41) is 17.1. The van der Waals surface area contributed by atoms with Gasteiger partial charge in [-0.25, -0.2) is 14.6 Å². The van der Waals surface area contributed by atoms with Crippen molar-refractivity contribution in [3.05, 3.63) is 41.7 Å². The number of aliphatic hydroxyl groups is 1. The Hall–Kier alpha value is -2.91. The molecule has 0 saturated carbocycles. The quantitative estimate of drug-likeness (QED) is 0.597. The third-order valence-electron chi connectivity index (χ3n) is 5.30. The molecule has 0 spiro atoms. The third kappa shape index (κ3) is 4.41. The van der Waals surface area contributed by atoms with Crippen molar-refractivity contribution in [2.45, 2.75) is 19.4 Å². The maximum absolute atomic E-state index is 11.4. The van der Waals surface area contributed by atoms with Gasteiger partial charge in [-0.3, -0.25) is 4.79 Å². The second kappa shape index (κ2) is 8.62. The summed E-state index contributed by atoms with van der Waals surface area (Å²) in [5.41, 5.74) is 3.33. The number of hydrogen-bond acceptors (Lipinski definition) is 8. The summed E-state index contributed by atoms with van der Waals surface area (Å²) in [5.74, 6) is 0.753. The highest BCUT2D eigenvalue weighted by atomic mass is 16.5. The Morgan fingerprint density at radius 1 is 1.24 bits per heavy atom. The number of nitrogens with zero attached hydrogens (tertiary/aromatic N) is 6. The summed E-state index contributed by atoms with van der Waals surface area (Å²) in [6, 6.07) is 6.09. The van der Waals surface area contributed by atoms with Crippen LogP contribution in [0.3, 0.4) is 0 Å². The maximum Gasteiger partial charge on any atom is 0.225 e. The van der Waals surface area contributed by atoms with Crippen LogP contribution >= 0.6 is 0 Å². The number of carbonyl (C=O) groups excluding carboxylic acids is 1. The van der Waals surface area contributed by atoms with E-state index in [1.807, 2.05) is 19.2 Å². The molecule has 1 N–H and O–H groups in total. The first kappa shape index (κ1) is 19.4. The molecule has 3 heterocycles. The zero-order valence-corrected chi connectivity index (χ0v) is 16.4. The Labute approximate surface area is 168 Å². The molecule has 0 bridgehead atoms. The molecule has 1 aliphatic heterocycles. The summed E-state index contributed by atoms with van der Waals surface area (Å²) in [6.45, 7) is 2.47. The number of fused-ring (bicyclic) bond motifs is 1. The molecule has 9 heteroatoms. The van der Waals surface area contributed by atoms with E-state index in [0.717, 1.165) is 49.1 Å². The van der Waals surface area contributed by atoms with Gasteiger partial charge in [0, 0.05) is 39.1 Å². The van der Waals surface area contributed by atoms with Gasteiger partial charge in [-0.2, -0.15) is 0 Å². The van der Waals surface area contributed by atoms with Gasteiger partial charge < -0.3 is 14.7 Å². The number of aliphatic hydroxyl groups excluding tert-OH is 1. The fourth-order valence-electron chi connectivity index (χ4n) is 3.54. The van der Waals surface area contributed by atoms with E-state index in [0.29, 0.717) is 24.0 Å². The van der Waals surface area contributed by atoms with Crippen LogP contribution < -0.4 is 4.90 Å². The minimum atomic E-state index is -0.527. The van der Waals surface area contributed by atoms with Crippen LogP contribution in [0.25, 0.3) is 11.0 Å². The highest BCUT2D eigenvalue weighted by Gasteiger charge is 2.21. The lowest BCUT2D eigenvalue weighted by molar-refractivity contribution is 0.0786. The summed E-state index contributed by atoms with van der Waals surface area (Å²) < 4.78 is 7.70. The SMILES string of the molecule is Cn1nnc2cc(COCC3CCN(c4ncc(C(=O)CO)cn4)CC3)ccc21. The Bertz CT molecular complexity index is 980. The Balaban J connectivity index is 1.23. The van der Waals surface area contributed by atoms with Gasteiger partial charge >= 0.3 is 0 Å². The molecular weight excluding hydrogens is 372 g/mol. The molecule has 1 aromatic carbocycles. The van der Waals surface area contributed by atoms with Gasteiger partial charge in [0.2, 0.25) is 5.95 Å². The van der Waals surface area contributed by atoms with Crippen LogP contribution in [-0.4, -0.2) is 62.2 Å². The highest BCUT2D eigenvalue weighted by Crippen LogP contribution is 2.21. The third-order valence-corrected chi connectivity index (χ3v) is 5.30. The standard InChI is InChI=1S/C20H24N6O3/c1-25-18-3-2-15(8-17(18)23-24-25)13-29-12-14-4-6-26(7-5-14)20-21-9-16(10-22-20)19(28)11-27/h2-3,8-10,14,27H,4-7,11-13H2,1H3. The van der Waals surface area contributed by atoms with E-state index in [9.17, 15) is 4.79 Å². The Kier molecular flexibility index (Phi) is 5.77. The summed E-state index contributed by atoms with van der Waals surface area (Å²) in [7, 11) is 1.88. The van der Waals surface area contributed by atoms with Crippen molar-refractivity contribution in [2.75, 3.05) is 31.2 Å². The molecule has 0 atom stereocenters. The molecule has 0 unspecified atom stereocenters. The van der Waals surface area contributed by atoms with Gasteiger partial charge in [0.1, 0.15) is 12.1 Å². The van der Waals surface area contributed by atoms with E-state index in [1.165, 1.54) is 12.4 Å². The van der Waals surface area contributed by atoms with E-state index in [2.05, 4.69) is 31.2 Å². The minimum absolute atomic E-state index is 0.333. The number of ether oxygens (including phenoxy) is 1. The van der Waals surface area contributed by atoms with Crippen molar-refractivity contribution >= 4 is 22.8 Å². The lowest BCUT2D eigenvalue weighted by Crippen LogP contribution is -2.36. The van der Waals surface area contributed by atoms with Crippen LogP contribution in [0.5, 0.6) is 0 Å². The zero-order valence-electron chi connectivity index (χ0n) is 16.4. The number of aryl methyl sites for hydroxylation is 1. The average molecular weight is 396 g/mol.